The highest BCUT2D eigenvalue weighted by molar-refractivity contribution is 4.90. The minimum absolute atomic E-state index is 0.387. The molecule has 0 unspecified atom stereocenters. The molecule has 0 fully saturated rings. The first-order valence-corrected chi connectivity index (χ1v) is 3.60. The molecule has 0 spiro atoms. The molecule has 0 aromatic carbocycles. The van der Waals surface area contributed by atoms with E-state index < -0.39 is 6.10 Å². The van der Waals surface area contributed by atoms with Crippen LogP contribution in [0.25, 0.3) is 0 Å². The maximum atomic E-state index is 9.28. The monoisotopic (exact) mass is 155 g/mol. The van der Waals surface area contributed by atoms with Crippen LogP contribution < -0.4 is 0 Å². The molecule has 0 bridgehead atoms. The zero-order valence-corrected chi connectivity index (χ0v) is 6.60. The molecule has 1 N–H and O–H groups in total. The Balaban J connectivity index is 2.31. The van der Waals surface area contributed by atoms with Gasteiger partial charge in [-0.2, -0.15) is 0 Å². The first kappa shape index (κ1) is 8.30. The topological polar surface area (TPSA) is 34.4 Å². The Morgan fingerprint density at radius 3 is 2.64 bits per heavy atom. The van der Waals surface area contributed by atoms with Gasteiger partial charge in [0.2, 0.25) is 0 Å². The smallest absolute Gasteiger partial charge is 0.0951 e. The summed E-state index contributed by atoms with van der Waals surface area (Å²) in [6.45, 7) is 0.985. The Kier molecular flexibility index (Phi) is 3.14. The van der Waals surface area contributed by atoms with Gasteiger partial charge in [0.1, 0.15) is 0 Å². The lowest BCUT2D eigenvalue weighted by Gasteiger charge is -2.09. The van der Waals surface area contributed by atoms with Crippen molar-refractivity contribution in [1.29, 1.82) is 0 Å². The standard InChI is InChI=1S/C8H13NO2/c1-11-7-8(10)6-9-4-2-3-5-9/h2-5,8,10H,6-7H2,1H3/t8-/m0/s1. The fourth-order valence-electron chi connectivity index (χ4n) is 0.980. The van der Waals surface area contributed by atoms with Gasteiger partial charge in [-0.15, -0.1) is 0 Å². The number of aromatic nitrogens is 1. The van der Waals surface area contributed by atoms with Crippen molar-refractivity contribution in [3.8, 4) is 0 Å². The van der Waals surface area contributed by atoms with Crippen LogP contribution in [0.15, 0.2) is 24.5 Å². The second kappa shape index (κ2) is 4.16. The average molecular weight is 155 g/mol. The molecule has 3 nitrogen and oxygen atoms in total. The first-order chi connectivity index (χ1) is 5.33. The number of ether oxygens (including phenoxy) is 1. The summed E-state index contributed by atoms with van der Waals surface area (Å²) in [4.78, 5) is 0. The van der Waals surface area contributed by atoms with E-state index in [2.05, 4.69) is 0 Å². The Labute approximate surface area is 66.2 Å². The number of nitrogens with zero attached hydrogens (tertiary/aromatic N) is 1. The third kappa shape index (κ3) is 2.74. The molecular formula is C8H13NO2. The summed E-state index contributed by atoms with van der Waals surface area (Å²) in [6, 6.07) is 3.86. The number of hydrogen-bond acceptors (Lipinski definition) is 2. The second-order valence-electron chi connectivity index (χ2n) is 2.49. The maximum absolute atomic E-state index is 9.28. The van der Waals surface area contributed by atoms with Gasteiger partial charge in [-0.3, -0.25) is 0 Å². The van der Waals surface area contributed by atoms with Crippen LogP contribution in [-0.2, 0) is 11.3 Å². The van der Waals surface area contributed by atoms with Crippen LogP contribution in [0, 0.1) is 0 Å². The van der Waals surface area contributed by atoms with Crippen molar-refractivity contribution < 1.29 is 9.84 Å². The molecule has 1 aromatic heterocycles. The lowest BCUT2D eigenvalue weighted by Crippen LogP contribution is -2.20. The van der Waals surface area contributed by atoms with E-state index in [9.17, 15) is 5.11 Å². The van der Waals surface area contributed by atoms with Crippen molar-refractivity contribution in [2.24, 2.45) is 0 Å². The molecule has 0 amide bonds. The van der Waals surface area contributed by atoms with Crippen LogP contribution >= 0.6 is 0 Å². The fourth-order valence-corrected chi connectivity index (χ4v) is 0.980. The van der Waals surface area contributed by atoms with Crippen molar-refractivity contribution in [3.05, 3.63) is 24.5 Å². The number of aliphatic hydroxyl groups is 1. The molecule has 0 aliphatic rings. The van der Waals surface area contributed by atoms with E-state index >= 15 is 0 Å². The van der Waals surface area contributed by atoms with E-state index in [1.807, 2.05) is 29.1 Å². The Bertz CT molecular complexity index is 184. The lowest BCUT2D eigenvalue weighted by molar-refractivity contribution is 0.0537. The Morgan fingerprint density at radius 2 is 2.09 bits per heavy atom. The van der Waals surface area contributed by atoms with Crippen molar-refractivity contribution in [1.82, 2.24) is 4.57 Å². The third-order valence-electron chi connectivity index (χ3n) is 1.45. The van der Waals surface area contributed by atoms with Gasteiger partial charge in [-0.05, 0) is 12.1 Å². The molecule has 3 heteroatoms. The quantitative estimate of drug-likeness (QED) is 0.687. The van der Waals surface area contributed by atoms with E-state index in [4.69, 9.17) is 4.74 Å². The van der Waals surface area contributed by atoms with Crippen LogP contribution in [0.3, 0.4) is 0 Å². The van der Waals surface area contributed by atoms with Crippen LogP contribution in [0.5, 0.6) is 0 Å². The summed E-state index contributed by atoms with van der Waals surface area (Å²) in [7, 11) is 1.58. The van der Waals surface area contributed by atoms with Crippen molar-refractivity contribution in [2.45, 2.75) is 12.6 Å². The van der Waals surface area contributed by atoms with E-state index in [0.29, 0.717) is 13.2 Å². The summed E-state index contributed by atoms with van der Waals surface area (Å²) in [5, 5.41) is 9.28. The minimum Gasteiger partial charge on any atom is -0.389 e. The highest BCUT2D eigenvalue weighted by Gasteiger charge is 2.02. The zero-order valence-electron chi connectivity index (χ0n) is 6.60. The minimum atomic E-state index is -0.410. The normalized spacial score (nSPS) is 13.3. The zero-order chi connectivity index (χ0) is 8.10. The molecule has 11 heavy (non-hydrogen) atoms. The molecule has 0 radical (unpaired) electrons. The Hall–Kier alpha value is -0.800. The number of rotatable bonds is 4. The lowest BCUT2D eigenvalue weighted by atomic mass is 10.4. The highest BCUT2D eigenvalue weighted by atomic mass is 16.5. The van der Waals surface area contributed by atoms with Crippen LogP contribution in [-0.4, -0.2) is 29.5 Å². The van der Waals surface area contributed by atoms with Gasteiger partial charge >= 0.3 is 0 Å². The van der Waals surface area contributed by atoms with Gasteiger partial charge in [-0.1, -0.05) is 0 Å². The molecular weight excluding hydrogens is 142 g/mol. The summed E-state index contributed by atoms with van der Waals surface area (Å²) in [5.74, 6) is 0. The van der Waals surface area contributed by atoms with Crippen LogP contribution in [0.4, 0.5) is 0 Å². The van der Waals surface area contributed by atoms with Crippen molar-refractivity contribution in [3.63, 3.8) is 0 Å². The predicted octanol–water partition coefficient (Wildman–Crippen LogP) is 0.495. The molecule has 1 heterocycles. The first-order valence-electron chi connectivity index (χ1n) is 3.60. The molecule has 0 saturated carbocycles. The van der Waals surface area contributed by atoms with Crippen molar-refractivity contribution in [2.75, 3.05) is 13.7 Å². The van der Waals surface area contributed by atoms with E-state index in [0.717, 1.165) is 0 Å². The third-order valence-corrected chi connectivity index (χ3v) is 1.45. The molecule has 62 valence electrons. The van der Waals surface area contributed by atoms with E-state index in [1.54, 1.807) is 7.11 Å². The highest BCUT2D eigenvalue weighted by Crippen LogP contribution is 1.94. The number of methoxy groups -OCH3 is 1. The van der Waals surface area contributed by atoms with Gasteiger partial charge in [0.25, 0.3) is 0 Å². The maximum Gasteiger partial charge on any atom is 0.0951 e. The van der Waals surface area contributed by atoms with Crippen LogP contribution in [0.1, 0.15) is 0 Å². The molecule has 0 aliphatic carbocycles. The van der Waals surface area contributed by atoms with E-state index in [1.165, 1.54) is 0 Å². The van der Waals surface area contributed by atoms with E-state index in [-0.39, 0.29) is 0 Å². The molecule has 1 atom stereocenters. The summed E-state index contributed by atoms with van der Waals surface area (Å²) < 4.78 is 6.71. The SMILES string of the molecule is COC[C@@H](O)Cn1cccc1. The Morgan fingerprint density at radius 1 is 1.45 bits per heavy atom. The van der Waals surface area contributed by atoms with Gasteiger partial charge in [0, 0.05) is 19.5 Å². The largest absolute Gasteiger partial charge is 0.389 e. The summed E-state index contributed by atoms with van der Waals surface area (Å²) >= 11 is 0. The van der Waals surface area contributed by atoms with Gasteiger partial charge < -0.3 is 14.4 Å². The number of aliphatic hydroxyl groups excluding tert-OH is 1. The fraction of sp³-hybridized carbons (Fsp3) is 0.500. The number of hydrogen-bond donors (Lipinski definition) is 1. The van der Waals surface area contributed by atoms with Gasteiger partial charge in [0.15, 0.2) is 0 Å². The molecule has 1 rings (SSSR count). The second-order valence-corrected chi connectivity index (χ2v) is 2.49. The summed E-state index contributed by atoms with van der Waals surface area (Å²) in [6.07, 6.45) is 3.42. The van der Waals surface area contributed by atoms with Crippen LogP contribution in [0.2, 0.25) is 0 Å². The van der Waals surface area contributed by atoms with Gasteiger partial charge in [-0.25, -0.2) is 0 Å². The molecule has 1 aromatic rings. The average Bonchev–Trinajstić information content (AvgIpc) is 2.40. The molecule has 0 saturated heterocycles. The summed E-state index contributed by atoms with van der Waals surface area (Å²) in [5.41, 5.74) is 0. The van der Waals surface area contributed by atoms with Crippen molar-refractivity contribution >= 4 is 0 Å². The predicted molar refractivity (Wildman–Crippen MR) is 42.3 cm³/mol. The van der Waals surface area contributed by atoms with Gasteiger partial charge in [0.05, 0.1) is 19.3 Å². The molecule has 0 aliphatic heterocycles.